The summed E-state index contributed by atoms with van der Waals surface area (Å²) in [5.41, 5.74) is 1.74. The summed E-state index contributed by atoms with van der Waals surface area (Å²) < 4.78 is 51.9. The second-order valence-corrected chi connectivity index (χ2v) is 9.56. The third kappa shape index (κ3) is 5.66. The van der Waals surface area contributed by atoms with Crippen LogP contribution in [-0.4, -0.2) is 35.1 Å². The van der Waals surface area contributed by atoms with E-state index in [9.17, 15) is 17.6 Å². The molecule has 3 aromatic carbocycles. The summed E-state index contributed by atoms with van der Waals surface area (Å²) in [6, 6.07) is 15.9. The molecule has 0 saturated heterocycles. The Morgan fingerprint density at radius 3 is 2.24 bits per heavy atom. The number of nitrogens with zero attached hydrogens (tertiary/aromatic N) is 1. The summed E-state index contributed by atoms with van der Waals surface area (Å²) in [5.74, 6) is 0.0834. The second-order valence-electron chi connectivity index (χ2n) is 7.70. The third-order valence-corrected chi connectivity index (χ3v) is 7.08. The van der Waals surface area contributed by atoms with Gasteiger partial charge in [0.15, 0.2) is 0 Å². The molecule has 0 aromatic heterocycles. The van der Waals surface area contributed by atoms with Gasteiger partial charge in [-0.1, -0.05) is 17.7 Å². The van der Waals surface area contributed by atoms with Crippen molar-refractivity contribution in [3.8, 4) is 11.5 Å². The highest BCUT2D eigenvalue weighted by Gasteiger charge is 2.28. The molecule has 0 fully saturated rings. The van der Waals surface area contributed by atoms with Gasteiger partial charge in [0.1, 0.15) is 23.9 Å². The van der Waals surface area contributed by atoms with E-state index < -0.39 is 34.3 Å². The lowest BCUT2D eigenvalue weighted by molar-refractivity contribution is -0.120. The maximum atomic E-state index is 13.5. The number of hydrogen-bond donors (Lipinski definition) is 1. The predicted octanol–water partition coefficient (Wildman–Crippen LogP) is 4.22. The van der Waals surface area contributed by atoms with Crippen molar-refractivity contribution < 1.29 is 27.1 Å². The molecule has 1 amide bonds. The minimum atomic E-state index is -4.10. The molecule has 7 nitrogen and oxygen atoms in total. The number of methoxy groups -OCH3 is 2. The molecule has 0 heterocycles. The summed E-state index contributed by atoms with van der Waals surface area (Å²) in [7, 11) is -1.05. The number of anilines is 1. The van der Waals surface area contributed by atoms with Crippen LogP contribution >= 0.6 is 0 Å². The number of amides is 1. The number of rotatable bonds is 9. The van der Waals surface area contributed by atoms with Crippen LogP contribution in [0.25, 0.3) is 0 Å². The first-order chi connectivity index (χ1) is 16.1. The average molecular weight is 487 g/mol. The molecule has 0 saturated carbocycles. The highest BCUT2D eigenvalue weighted by molar-refractivity contribution is 7.92. The van der Waals surface area contributed by atoms with E-state index >= 15 is 0 Å². The van der Waals surface area contributed by atoms with Crippen molar-refractivity contribution in [3.63, 3.8) is 0 Å². The summed E-state index contributed by atoms with van der Waals surface area (Å²) in [5, 5.41) is 2.81. The first kappa shape index (κ1) is 25.0. The number of ether oxygens (including phenoxy) is 2. The van der Waals surface area contributed by atoms with Gasteiger partial charge in [0, 0.05) is 5.56 Å². The van der Waals surface area contributed by atoms with Crippen LogP contribution in [0.3, 0.4) is 0 Å². The van der Waals surface area contributed by atoms with Crippen molar-refractivity contribution in [1.29, 1.82) is 0 Å². The number of carbonyl (C=O) groups excluding carboxylic acids is 1. The zero-order chi connectivity index (χ0) is 24.9. The van der Waals surface area contributed by atoms with Gasteiger partial charge in [-0.3, -0.25) is 9.10 Å². The Kier molecular flexibility index (Phi) is 7.78. The van der Waals surface area contributed by atoms with Crippen molar-refractivity contribution in [1.82, 2.24) is 5.32 Å². The molecular weight excluding hydrogens is 459 g/mol. The second kappa shape index (κ2) is 10.6. The highest BCUT2D eigenvalue weighted by atomic mass is 32.2. The standard InChI is InChI=1S/C25H27FN2O5S/c1-17-5-12-22(13-6-17)34(30,31)28(20-9-7-19(26)8-10-20)16-25(29)27-18(2)23-15-21(32-3)11-14-24(23)33-4/h5-15,18H,16H2,1-4H3,(H,27,29)/t18-/m1/s1. The SMILES string of the molecule is COc1ccc(OC)c([C@@H](C)NC(=O)CN(c2ccc(F)cc2)S(=O)(=O)c2ccc(C)cc2)c1. The van der Waals surface area contributed by atoms with Crippen LogP contribution in [0.15, 0.2) is 71.6 Å². The fourth-order valence-electron chi connectivity index (χ4n) is 3.43. The summed E-state index contributed by atoms with van der Waals surface area (Å²) in [4.78, 5) is 13.0. The lowest BCUT2D eigenvalue weighted by atomic mass is 10.1. The van der Waals surface area contributed by atoms with E-state index in [0.717, 1.165) is 22.0 Å². The number of nitrogens with one attached hydrogen (secondary N) is 1. The van der Waals surface area contributed by atoms with Crippen molar-refractivity contribution in [3.05, 3.63) is 83.7 Å². The Balaban J connectivity index is 1.90. The fraction of sp³-hybridized carbons (Fsp3) is 0.240. The monoisotopic (exact) mass is 486 g/mol. The normalized spacial score (nSPS) is 12.0. The number of hydrogen-bond acceptors (Lipinski definition) is 5. The van der Waals surface area contributed by atoms with Gasteiger partial charge in [-0.15, -0.1) is 0 Å². The summed E-state index contributed by atoms with van der Waals surface area (Å²) >= 11 is 0. The molecule has 0 aliphatic rings. The molecule has 0 radical (unpaired) electrons. The molecule has 0 spiro atoms. The Labute approximate surface area is 199 Å². The van der Waals surface area contributed by atoms with Gasteiger partial charge < -0.3 is 14.8 Å². The molecule has 0 aliphatic heterocycles. The number of carbonyl (C=O) groups is 1. The van der Waals surface area contributed by atoms with Crippen LogP contribution in [-0.2, 0) is 14.8 Å². The molecule has 1 N–H and O–H groups in total. The van der Waals surface area contributed by atoms with Gasteiger partial charge >= 0.3 is 0 Å². The van der Waals surface area contributed by atoms with Gasteiger partial charge in [0.05, 0.1) is 30.8 Å². The molecular formula is C25H27FN2O5S. The van der Waals surface area contributed by atoms with Crippen LogP contribution in [0.4, 0.5) is 10.1 Å². The van der Waals surface area contributed by atoms with Gasteiger partial charge in [-0.2, -0.15) is 0 Å². The smallest absolute Gasteiger partial charge is 0.264 e. The van der Waals surface area contributed by atoms with E-state index in [2.05, 4.69) is 5.32 Å². The van der Waals surface area contributed by atoms with E-state index in [-0.39, 0.29) is 10.6 Å². The minimum absolute atomic E-state index is 0.0257. The number of halogens is 1. The first-order valence-electron chi connectivity index (χ1n) is 10.5. The fourth-order valence-corrected chi connectivity index (χ4v) is 4.85. The predicted molar refractivity (Wildman–Crippen MR) is 128 cm³/mol. The van der Waals surface area contributed by atoms with Crippen molar-refractivity contribution in [2.75, 3.05) is 25.1 Å². The van der Waals surface area contributed by atoms with E-state index in [1.165, 1.54) is 38.5 Å². The lowest BCUT2D eigenvalue weighted by Crippen LogP contribution is -2.41. The van der Waals surface area contributed by atoms with Crippen LogP contribution in [0, 0.1) is 12.7 Å². The molecule has 0 aliphatic carbocycles. The van der Waals surface area contributed by atoms with Crippen LogP contribution < -0.4 is 19.1 Å². The van der Waals surface area contributed by atoms with Crippen LogP contribution in [0.1, 0.15) is 24.1 Å². The lowest BCUT2D eigenvalue weighted by Gasteiger charge is -2.25. The molecule has 3 aromatic rings. The molecule has 0 unspecified atom stereocenters. The van der Waals surface area contributed by atoms with Crippen molar-refractivity contribution in [2.24, 2.45) is 0 Å². The summed E-state index contributed by atoms with van der Waals surface area (Å²) in [6.07, 6.45) is 0. The van der Waals surface area contributed by atoms with Gasteiger partial charge in [-0.05, 0) is 68.4 Å². The van der Waals surface area contributed by atoms with Crippen molar-refractivity contribution in [2.45, 2.75) is 24.8 Å². The number of benzene rings is 3. The highest BCUT2D eigenvalue weighted by Crippen LogP contribution is 2.29. The zero-order valence-electron chi connectivity index (χ0n) is 19.4. The van der Waals surface area contributed by atoms with Crippen molar-refractivity contribution >= 4 is 21.6 Å². The molecule has 180 valence electrons. The molecule has 0 bridgehead atoms. The van der Waals surface area contributed by atoms with E-state index in [0.29, 0.717) is 17.1 Å². The maximum Gasteiger partial charge on any atom is 0.264 e. The van der Waals surface area contributed by atoms with Gasteiger partial charge in [0.25, 0.3) is 10.0 Å². The topological polar surface area (TPSA) is 84.9 Å². The third-order valence-electron chi connectivity index (χ3n) is 5.29. The Morgan fingerprint density at radius 1 is 1.00 bits per heavy atom. The minimum Gasteiger partial charge on any atom is -0.497 e. The number of sulfonamides is 1. The van der Waals surface area contributed by atoms with E-state index in [1.807, 2.05) is 6.92 Å². The molecule has 9 heteroatoms. The Bertz CT molecular complexity index is 1250. The van der Waals surface area contributed by atoms with Crippen LogP contribution in [0.2, 0.25) is 0 Å². The Morgan fingerprint density at radius 2 is 1.65 bits per heavy atom. The largest absolute Gasteiger partial charge is 0.497 e. The number of aryl methyl sites for hydroxylation is 1. The first-order valence-corrected chi connectivity index (χ1v) is 12.0. The van der Waals surface area contributed by atoms with Crippen LogP contribution in [0.5, 0.6) is 11.5 Å². The molecule has 34 heavy (non-hydrogen) atoms. The van der Waals surface area contributed by atoms with E-state index in [1.54, 1.807) is 37.3 Å². The van der Waals surface area contributed by atoms with E-state index in [4.69, 9.17) is 9.47 Å². The van der Waals surface area contributed by atoms with Gasteiger partial charge in [-0.25, -0.2) is 12.8 Å². The Hall–Kier alpha value is -3.59. The molecule has 1 atom stereocenters. The maximum absolute atomic E-state index is 13.5. The summed E-state index contributed by atoms with van der Waals surface area (Å²) in [6.45, 7) is 3.10. The molecule has 3 rings (SSSR count). The zero-order valence-corrected chi connectivity index (χ0v) is 20.2. The van der Waals surface area contributed by atoms with Gasteiger partial charge in [0.2, 0.25) is 5.91 Å². The average Bonchev–Trinajstić information content (AvgIpc) is 2.83. The quantitative estimate of drug-likeness (QED) is 0.490.